The summed E-state index contributed by atoms with van der Waals surface area (Å²) < 4.78 is 5.71. The molecule has 1 aliphatic carbocycles. The highest BCUT2D eigenvalue weighted by Crippen LogP contribution is 2.39. The molecule has 0 heterocycles. The van der Waals surface area contributed by atoms with Crippen LogP contribution in [0, 0.1) is 5.41 Å². The molecule has 0 radical (unpaired) electrons. The summed E-state index contributed by atoms with van der Waals surface area (Å²) in [5.74, 6) is 0. The average molecular weight is 254 g/mol. The molecule has 1 aliphatic rings. The molecule has 1 rings (SSSR count). The Kier molecular flexibility index (Phi) is 4.36. The van der Waals surface area contributed by atoms with Crippen molar-refractivity contribution in [2.75, 3.05) is 0 Å². The van der Waals surface area contributed by atoms with Gasteiger partial charge in [-0.3, -0.25) is 0 Å². The van der Waals surface area contributed by atoms with Crippen LogP contribution in [0.25, 0.3) is 0 Å². The lowest BCUT2D eigenvalue weighted by atomic mass is 9.59. The zero-order valence-electron chi connectivity index (χ0n) is 12.6. The zero-order chi connectivity index (χ0) is 14.2. The first-order valence-electron chi connectivity index (χ1n) is 6.76. The van der Waals surface area contributed by atoms with E-state index in [2.05, 4.69) is 19.9 Å². The molecule has 0 amide bonds. The van der Waals surface area contributed by atoms with Gasteiger partial charge >= 0.3 is 7.12 Å². The van der Waals surface area contributed by atoms with E-state index >= 15 is 0 Å². The molecule has 0 saturated heterocycles. The third-order valence-electron chi connectivity index (χ3n) is 4.30. The number of allylic oxidation sites excluding steroid dienone is 2. The van der Waals surface area contributed by atoms with Crippen LogP contribution >= 0.6 is 0 Å². The lowest BCUT2D eigenvalue weighted by molar-refractivity contribution is -0.0994. The van der Waals surface area contributed by atoms with E-state index in [-0.39, 0.29) is 5.41 Å². The third-order valence-corrected chi connectivity index (χ3v) is 4.30. The van der Waals surface area contributed by atoms with Gasteiger partial charge in [-0.1, -0.05) is 19.9 Å². The molecule has 0 aromatic carbocycles. The van der Waals surface area contributed by atoms with E-state index in [0.29, 0.717) is 0 Å². The molecule has 3 nitrogen and oxygen atoms in total. The van der Waals surface area contributed by atoms with Gasteiger partial charge in [0, 0.05) is 0 Å². The molecular formula is C14H27BO3. The Morgan fingerprint density at radius 1 is 1.28 bits per heavy atom. The number of hydrogen-bond donors (Lipinski definition) is 2. The first kappa shape index (κ1) is 15.7. The predicted molar refractivity (Wildman–Crippen MR) is 75.1 cm³/mol. The Morgan fingerprint density at radius 2 is 1.83 bits per heavy atom. The van der Waals surface area contributed by atoms with Crippen molar-refractivity contribution in [3.05, 3.63) is 11.5 Å². The Morgan fingerprint density at radius 3 is 2.28 bits per heavy atom. The lowest BCUT2D eigenvalue weighted by Crippen LogP contribution is -2.51. The SMILES string of the molecule is CC1(C)CCCC=C1B(O)OC(C)(C)C(C)(C)O. The summed E-state index contributed by atoms with van der Waals surface area (Å²) in [4.78, 5) is 0. The fourth-order valence-corrected chi connectivity index (χ4v) is 2.14. The van der Waals surface area contributed by atoms with Gasteiger partial charge < -0.3 is 14.8 Å². The Hall–Kier alpha value is -0.315. The van der Waals surface area contributed by atoms with Crippen LogP contribution in [0.2, 0.25) is 0 Å². The monoisotopic (exact) mass is 254 g/mol. The third kappa shape index (κ3) is 3.37. The minimum absolute atomic E-state index is 0.0344. The fourth-order valence-electron chi connectivity index (χ4n) is 2.14. The van der Waals surface area contributed by atoms with Crippen molar-refractivity contribution in [2.45, 2.75) is 72.0 Å². The van der Waals surface area contributed by atoms with Gasteiger partial charge in [-0.25, -0.2) is 0 Å². The summed E-state index contributed by atoms with van der Waals surface area (Å²) in [7, 11) is -0.943. The van der Waals surface area contributed by atoms with E-state index in [1.807, 2.05) is 0 Å². The summed E-state index contributed by atoms with van der Waals surface area (Å²) in [5, 5.41) is 20.4. The maximum Gasteiger partial charge on any atom is 0.487 e. The standard InChI is InChI=1S/C14H27BO3/c1-12(2)10-8-7-9-11(12)15(17)18-14(5,6)13(3,4)16/h9,16-17H,7-8,10H2,1-6H3. The second-order valence-electron chi connectivity index (χ2n) is 6.98. The Labute approximate surface area is 111 Å². The Balaban J connectivity index is 2.83. The largest absolute Gasteiger partial charge is 0.487 e. The molecule has 0 aromatic heterocycles. The second-order valence-corrected chi connectivity index (χ2v) is 6.98. The van der Waals surface area contributed by atoms with Crippen molar-refractivity contribution >= 4 is 7.12 Å². The lowest BCUT2D eigenvalue weighted by Gasteiger charge is -2.41. The van der Waals surface area contributed by atoms with E-state index in [4.69, 9.17) is 4.65 Å². The van der Waals surface area contributed by atoms with Crippen molar-refractivity contribution < 1.29 is 14.8 Å². The van der Waals surface area contributed by atoms with Crippen LogP contribution in [-0.2, 0) is 4.65 Å². The maximum absolute atomic E-state index is 10.3. The van der Waals surface area contributed by atoms with E-state index in [9.17, 15) is 10.1 Å². The molecule has 0 unspecified atom stereocenters. The van der Waals surface area contributed by atoms with Crippen LogP contribution in [-0.4, -0.2) is 28.5 Å². The molecule has 104 valence electrons. The minimum Gasteiger partial charge on any atom is -0.423 e. The van der Waals surface area contributed by atoms with Crippen LogP contribution < -0.4 is 0 Å². The van der Waals surface area contributed by atoms with E-state index < -0.39 is 18.3 Å². The molecule has 0 aliphatic heterocycles. The van der Waals surface area contributed by atoms with E-state index in [1.165, 1.54) is 0 Å². The van der Waals surface area contributed by atoms with Crippen molar-refractivity contribution in [2.24, 2.45) is 5.41 Å². The van der Waals surface area contributed by atoms with Crippen LogP contribution in [0.15, 0.2) is 11.5 Å². The fraction of sp³-hybridized carbons (Fsp3) is 0.857. The van der Waals surface area contributed by atoms with Gasteiger partial charge in [0.05, 0.1) is 11.2 Å². The summed E-state index contributed by atoms with van der Waals surface area (Å²) in [5.41, 5.74) is -0.910. The summed E-state index contributed by atoms with van der Waals surface area (Å²) >= 11 is 0. The van der Waals surface area contributed by atoms with Crippen molar-refractivity contribution in [3.63, 3.8) is 0 Å². The van der Waals surface area contributed by atoms with Gasteiger partial charge in [0.2, 0.25) is 0 Å². The predicted octanol–water partition coefficient (Wildman–Crippen LogP) is 2.71. The van der Waals surface area contributed by atoms with Crippen LogP contribution in [0.5, 0.6) is 0 Å². The van der Waals surface area contributed by atoms with Crippen LogP contribution in [0.4, 0.5) is 0 Å². The molecule has 0 spiro atoms. The molecule has 18 heavy (non-hydrogen) atoms. The van der Waals surface area contributed by atoms with Gasteiger partial charge in [0.1, 0.15) is 0 Å². The van der Waals surface area contributed by atoms with Gasteiger partial charge in [0.25, 0.3) is 0 Å². The molecule has 0 aromatic rings. The number of aliphatic hydroxyl groups is 1. The van der Waals surface area contributed by atoms with Gasteiger partial charge in [-0.05, 0) is 57.8 Å². The quantitative estimate of drug-likeness (QED) is 0.758. The van der Waals surface area contributed by atoms with Crippen LogP contribution in [0.3, 0.4) is 0 Å². The summed E-state index contributed by atoms with van der Waals surface area (Å²) in [6, 6.07) is 0. The van der Waals surface area contributed by atoms with Gasteiger partial charge in [-0.15, -0.1) is 0 Å². The molecular weight excluding hydrogens is 227 g/mol. The first-order valence-corrected chi connectivity index (χ1v) is 6.76. The number of rotatable bonds is 4. The molecule has 0 atom stereocenters. The highest BCUT2D eigenvalue weighted by molar-refractivity contribution is 6.52. The van der Waals surface area contributed by atoms with Crippen molar-refractivity contribution in [1.82, 2.24) is 0 Å². The molecule has 4 heteroatoms. The smallest absolute Gasteiger partial charge is 0.423 e. The molecule has 0 saturated carbocycles. The topological polar surface area (TPSA) is 49.7 Å². The van der Waals surface area contributed by atoms with Gasteiger partial charge in [0.15, 0.2) is 0 Å². The van der Waals surface area contributed by atoms with Gasteiger partial charge in [-0.2, -0.15) is 0 Å². The number of hydrogen-bond acceptors (Lipinski definition) is 3. The Bertz CT molecular complexity index is 326. The zero-order valence-corrected chi connectivity index (χ0v) is 12.6. The highest BCUT2D eigenvalue weighted by Gasteiger charge is 2.43. The van der Waals surface area contributed by atoms with E-state index in [1.54, 1.807) is 27.7 Å². The highest BCUT2D eigenvalue weighted by atomic mass is 16.5. The minimum atomic E-state index is -1.01. The average Bonchev–Trinajstić information content (AvgIpc) is 2.13. The van der Waals surface area contributed by atoms with Crippen molar-refractivity contribution in [1.29, 1.82) is 0 Å². The summed E-state index contributed by atoms with van der Waals surface area (Å²) in [6.45, 7) is 11.2. The van der Waals surface area contributed by atoms with E-state index in [0.717, 1.165) is 24.7 Å². The molecule has 2 N–H and O–H groups in total. The first-order chi connectivity index (χ1) is 7.97. The van der Waals surface area contributed by atoms with Crippen molar-refractivity contribution in [3.8, 4) is 0 Å². The summed E-state index contributed by atoms with van der Waals surface area (Å²) in [6.07, 6.45) is 5.27. The molecule has 0 bridgehead atoms. The van der Waals surface area contributed by atoms with Crippen LogP contribution in [0.1, 0.15) is 60.8 Å². The molecule has 0 fully saturated rings. The normalized spacial score (nSPS) is 20.6. The maximum atomic E-state index is 10.3. The second kappa shape index (κ2) is 4.99.